The number of cyclic esters (lactones) is 1. The van der Waals surface area contributed by atoms with Crippen LogP contribution >= 0.6 is 0 Å². The fourth-order valence-electron chi connectivity index (χ4n) is 1.26. The van der Waals surface area contributed by atoms with Crippen LogP contribution in [0.15, 0.2) is 0 Å². The van der Waals surface area contributed by atoms with Crippen LogP contribution in [0.4, 0.5) is 0 Å². The first-order chi connectivity index (χ1) is 7.40. The normalized spacial score (nSPS) is 28.8. The molecule has 0 aliphatic carbocycles. The van der Waals surface area contributed by atoms with Gasteiger partial charge in [0.1, 0.15) is 6.10 Å². The Bertz CT molecular complexity index is 324. The molecule has 4 atom stereocenters. The molecule has 0 aromatic rings. The standard InChI is InChI=1S/C9H12O7/c1-2-3(10)4(11)5(12)8-6(13)7(14)9(15)16-8/h3-4,7-8,10-11,14H,2H2,1H3/t3?,4?,7?,8-/m1/s1. The molecule has 1 rings (SSSR count). The summed E-state index contributed by atoms with van der Waals surface area (Å²) in [5.41, 5.74) is 0. The summed E-state index contributed by atoms with van der Waals surface area (Å²) in [6.45, 7) is 1.53. The quantitative estimate of drug-likeness (QED) is 0.363. The highest BCUT2D eigenvalue weighted by Crippen LogP contribution is 2.15. The second kappa shape index (κ2) is 4.69. The van der Waals surface area contributed by atoms with Crippen LogP contribution < -0.4 is 0 Å². The van der Waals surface area contributed by atoms with E-state index in [9.17, 15) is 24.6 Å². The molecular weight excluding hydrogens is 220 g/mol. The van der Waals surface area contributed by atoms with Crippen LogP contribution in [0.1, 0.15) is 13.3 Å². The number of Topliss-reactive ketones (excluding diaryl/α,β-unsaturated/α-hetero) is 2. The summed E-state index contributed by atoms with van der Waals surface area (Å²) in [5.74, 6) is -3.46. The molecule has 1 aliphatic heterocycles. The molecule has 3 N–H and O–H groups in total. The second-order valence-corrected chi connectivity index (χ2v) is 3.44. The topological polar surface area (TPSA) is 121 Å². The molecule has 7 heteroatoms. The van der Waals surface area contributed by atoms with Crippen LogP contribution in [-0.2, 0) is 19.1 Å². The summed E-state index contributed by atoms with van der Waals surface area (Å²) < 4.78 is 4.30. The third kappa shape index (κ3) is 2.11. The maximum atomic E-state index is 11.4. The summed E-state index contributed by atoms with van der Waals surface area (Å²) in [6.07, 6.45) is -6.85. The van der Waals surface area contributed by atoms with Crippen molar-refractivity contribution in [3.05, 3.63) is 0 Å². The maximum absolute atomic E-state index is 11.4. The van der Waals surface area contributed by atoms with Crippen molar-refractivity contribution in [3.63, 3.8) is 0 Å². The molecule has 0 aromatic heterocycles. The third-order valence-corrected chi connectivity index (χ3v) is 2.32. The number of ether oxygens (including phenoxy) is 1. The Balaban J connectivity index is 2.76. The smallest absolute Gasteiger partial charge is 0.344 e. The Hall–Kier alpha value is -1.31. The zero-order valence-electron chi connectivity index (χ0n) is 8.49. The van der Waals surface area contributed by atoms with E-state index < -0.39 is 42.0 Å². The zero-order chi connectivity index (χ0) is 12.5. The first kappa shape index (κ1) is 12.8. The molecule has 0 spiro atoms. The Kier molecular flexibility index (Phi) is 3.74. The van der Waals surface area contributed by atoms with Crippen LogP contribution in [0.3, 0.4) is 0 Å². The Morgan fingerprint density at radius 1 is 1.44 bits per heavy atom. The van der Waals surface area contributed by atoms with Crippen LogP contribution in [-0.4, -0.2) is 57.3 Å². The van der Waals surface area contributed by atoms with Gasteiger partial charge in [-0.3, -0.25) is 9.59 Å². The highest BCUT2D eigenvalue weighted by Gasteiger charge is 2.48. The summed E-state index contributed by atoms with van der Waals surface area (Å²) >= 11 is 0. The molecule has 0 radical (unpaired) electrons. The van der Waals surface area contributed by atoms with Crippen molar-refractivity contribution in [2.45, 2.75) is 37.8 Å². The van der Waals surface area contributed by atoms with E-state index in [1.54, 1.807) is 0 Å². The number of carbonyl (C=O) groups is 3. The second-order valence-electron chi connectivity index (χ2n) is 3.44. The number of rotatable bonds is 4. The number of carbonyl (C=O) groups excluding carboxylic acids is 3. The Labute approximate surface area is 90.6 Å². The fraction of sp³-hybridized carbons (Fsp3) is 0.667. The first-order valence-electron chi connectivity index (χ1n) is 4.72. The van der Waals surface area contributed by atoms with E-state index in [-0.39, 0.29) is 6.42 Å². The molecule has 1 heterocycles. The number of hydrogen-bond donors (Lipinski definition) is 3. The van der Waals surface area contributed by atoms with Gasteiger partial charge in [-0.25, -0.2) is 4.79 Å². The predicted molar refractivity (Wildman–Crippen MR) is 48.2 cm³/mol. The molecule has 0 saturated carbocycles. The minimum atomic E-state index is -1.99. The Morgan fingerprint density at radius 3 is 2.38 bits per heavy atom. The molecule has 90 valence electrons. The molecule has 1 fully saturated rings. The van der Waals surface area contributed by atoms with Crippen molar-refractivity contribution in [2.24, 2.45) is 0 Å². The highest BCUT2D eigenvalue weighted by atomic mass is 16.6. The monoisotopic (exact) mass is 232 g/mol. The van der Waals surface area contributed by atoms with E-state index in [1.807, 2.05) is 0 Å². The number of aliphatic hydroxyl groups excluding tert-OH is 3. The number of esters is 1. The van der Waals surface area contributed by atoms with Gasteiger partial charge >= 0.3 is 5.97 Å². The summed E-state index contributed by atoms with van der Waals surface area (Å²) in [6, 6.07) is 0. The summed E-state index contributed by atoms with van der Waals surface area (Å²) in [7, 11) is 0. The zero-order valence-corrected chi connectivity index (χ0v) is 8.49. The van der Waals surface area contributed by atoms with E-state index in [0.717, 1.165) is 0 Å². The van der Waals surface area contributed by atoms with Gasteiger partial charge in [-0.1, -0.05) is 6.92 Å². The molecule has 0 bridgehead atoms. The van der Waals surface area contributed by atoms with Crippen molar-refractivity contribution >= 4 is 17.5 Å². The van der Waals surface area contributed by atoms with Crippen molar-refractivity contribution in [1.82, 2.24) is 0 Å². The average Bonchev–Trinajstić information content (AvgIpc) is 2.54. The van der Waals surface area contributed by atoms with Gasteiger partial charge in [0.05, 0.1) is 6.10 Å². The van der Waals surface area contributed by atoms with Crippen molar-refractivity contribution in [3.8, 4) is 0 Å². The maximum Gasteiger partial charge on any atom is 0.344 e. The minimum absolute atomic E-state index is 0.102. The van der Waals surface area contributed by atoms with Gasteiger partial charge in [0, 0.05) is 0 Å². The lowest BCUT2D eigenvalue weighted by Crippen LogP contribution is -2.43. The van der Waals surface area contributed by atoms with Gasteiger partial charge in [0.2, 0.25) is 23.8 Å². The van der Waals surface area contributed by atoms with Gasteiger partial charge in [0.15, 0.2) is 0 Å². The largest absolute Gasteiger partial charge is 0.444 e. The third-order valence-electron chi connectivity index (χ3n) is 2.32. The molecule has 16 heavy (non-hydrogen) atoms. The molecular formula is C9H12O7. The minimum Gasteiger partial charge on any atom is -0.444 e. The lowest BCUT2D eigenvalue weighted by molar-refractivity contribution is -0.156. The molecule has 3 unspecified atom stereocenters. The molecule has 0 aromatic carbocycles. The summed E-state index contributed by atoms with van der Waals surface area (Å²) in [4.78, 5) is 33.4. The number of ketones is 2. The van der Waals surface area contributed by atoms with Crippen LogP contribution in [0, 0.1) is 0 Å². The van der Waals surface area contributed by atoms with Gasteiger partial charge in [0.25, 0.3) is 0 Å². The molecule has 1 aliphatic rings. The lowest BCUT2D eigenvalue weighted by atomic mass is 10.0. The summed E-state index contributed by atoms with van der Waals surface area (Å²) in [5, 5.41) is 27.4. The van der Waals surface area contributed by atoms with Gasteiger partial charge in [-0.15, -0.1) is 0 Å². The first-order valence-corrected chi connectivity index (χ1v) is 4.72. The lowest BCUT2D eigenvalue weighted by Gasteiger charge is -2.16. The van der Waals surface area contributed by atoms with Crippen molar-refractivity contribution in [2.75, 3.05) is 0 Å². The van der Waals surface area contributed by atoms with Crippen molar-refractivity contribution in [1.29, 1.82) is 0 Å². The number of aliphatic hydroxyl groups is 3. The molecule has 7 nitrogen and oxygen atoms in total. The predicted octanol–water partition coefficient (Wildman–Crippen LogP) is -2.46. The molecule has 0 amide bonds. The van der Waals surface area contributed by atoms with Crippen molar-refractivity contribution < 1.29 is 34.4 Å². The number of hydrogen-bond acceptors (Lipinski definition) is 7. The van der Waals surface area contributed by atoms with E-state index >= 15 is 0 Å². The highest BCUT2D eigenvalue weighted by molar-refractivity contribution is 6.19. The molecule has 1 saturated heterocycles. The van der Waals surface area contributed by atoms with Gasteiger partial charge in [-0.2, -0.15) is 0 Å². The van der Waals surface area contributed by atoms with Crippen LogP contribution in [0.5, 0.6) is 0 Å². The Morgan fingerprint density at radius 2 is 2.00 bits per heavy atom. The van der Waals surface area contributed by atoms with Crippen LogP contribution in [0.2, 0.25) is 0 Å². The van der Waals surface area contributed by atoms with E-state index in [2.05, 4.69) is 4.74 Å². The van der Waals surface area contributed by atoms with Crippen LogP contribution in [0.25, 0.3) is 0 Å². The fourth-order valence-corrected chi connectivity index (χ4v) is 1.26. The SMILES string of the molecule is CCC(O)C(O)C(=O)[C@H]1OC(=O)C(O)C1=O. The average molecular weight is 232 g/mol. The van der Waals surface area contributed by atoms with E-state index in [1.165, 1.54) is 6.92 Å². The van der Waals surface area contributed by atoms with E-state index in [0.29, 0.717) is 0 Å². The van der Waals surface area contributed by atoms with Gasteiger partial charge in [-0.05, 0) is 6.42 Å². The van der Waals surface area contributed by atoms with Gasteiger partial charge < -0.3 is 20.1 Å². The van der Waals surface area contributed by atoms with E-state index in [4.69, 9.17) is 5.11 Å².